The Morgan fingerprint density at radius 1 is 1.06 bits per heavy atom. The first kappa shape index (κ1) is 12.5. The summed E-state index contributed by atoms with van der Waals surface area (Å²) in [5.41, 5.74) is 0. The van der Waals surface area contributed by atoms with Crippen molar-refractivity contribution < 1.29 is 17.9 Å². The van der Waals surface area contributed by atoms with E-state index in [2.05, 4.69) is 4.90 Å². The highest BCUT2D eigenvalue weighted by Crippen LogP contribution is 2.59. The molecule has 0 aromatic rings. The van der Waals surface area contributed by atoms with Crippen LogP contribution in [-0.4, -0.2) is 61.6 Å². The van der Waals surface area contributed by atoms with Gasteiger partial charge in [-0.2, -0.15) is 0 Å². The van der Waals surface area contributed by atoms with Crippen LogP contribution in [0.3, 0.4) is 0 Å². The highest BCUT2D eigenvalue weighted by Gasteiger charge is 2.54. The Balaban J connectivity index is 2.20. The molecule has 3 aliphatic heterocycles. The Morgan fingerprint density at radius 2 is 1.50 bits per heavy atom. The van der Waals surface area contributed by atoms with E-state index in [0.717, 1.165) is 39.3 Å². The summed E-state index contributed by atoms with van der Waals surface area (Å²) < 4.78 is 24.4. The van der Waals surface area contributed by atoms with Crippen molar-refractivity contribution in [1.29, 1.82) is 0 Å². The van der Waals surface area contributed by atoms with Gasteiger partial charge in [-0.15, -0.1) is 0 Å². The molecule has 0 amide bonds. The number of hydrogen-bond acceptors (Lipinski definition) is 4. The smallest absolute Gasteiger partial charge is 0.287 e. The first-order valence-electron chi connectivity index (χ1n) is 6.14. The van der Waals surface area contributed by atoms with Crippen LogP contribution in [0.4, 0.5) is 0 Å². The predicted octanol–water partition coefficient (Wildman–Crippen LogP) is 1.31. The van der Waals surface area contributed by atoms with Crippen LogP contribution < -0.4 is 0 Å². The van der Waals surface area contributed by atoms with E-state index in [4.69, 9.17) is 9.05 Å². The van der Waals surface area contributed by atoms with Gasteiger partial charge in [0.05, 0.1) is 32.8 Å². The summed E-state index contributed by atoms with van der Waals surface area (Å²) >= 11 is 0. The predicted molar refractivity (Wildman–Crippen MR) is 62.2 cm³/mol. The standard InChI is InChI=1S/C10H22N2O3P/c1-3-14-16(13,15-4-2)12-8-5-11(6-9-12)7-10-12/h3-10H2,1-2H3/q+1. The maximum absolute atomic E-state index is 12.9. The second-order valence-corrected chi connectivity index (χ2v) is 6.71. The number of hydrogen-bond donors (Lipinski definition) is 0. The quantitative estimate of drug-likeness (QED) is 0.689. The van der Waals surface area contributed by atoms with Crippen LogP contribution in [0.25, 0.3) is 0 Å². The molecule has 0 aromatic heterocycles. The van der Waals surface area contributed by atoms with Crippen LogP contribution in [0.5, 0.6) is 0 Å². The monoisotopic (exact) mass is 249 g/mol. The number of piperazine rings is 3. The SMILES string of the molecule is CCOP(=O)(OCC)[N+]12CCN(CC1)CC2. The molecule has 3 rings (SSSR count). The van der Waals surface area contributed by atoms with E-state index < -0.39 is 7.75 Å². The number of fused-ring (bicyclic) bond motifs is 3. The second kappa shape index (κ2) is 4.75. The highest BCUT2D eigenvalue weighted by molar-refractivity contribution is 7.47. The van der Waals surface area contributed by atoms with E-state index in [-0.39, 0.29) is 0 Å². The highest BCUT2D eigenvalue weighted by atomic mass is 31.2. The number of rotatable bonds is 5. The summed E-state index contributed by atoms with van der Waals surface area (Å²) in [4.78, 5) is 2.42. The molecule has 0 atom stereocenters. The average Bonchev–Trinajstić information content (AvgIpc) is 2.32. The van der Waals surface area contributed by atoms with Crippen LogP contribution in [-0.2, 0) is 13.6 Å². The van der Waals surface area contributed by atoms with Crippen molar-refractivity contribution in [2.24, 2.45) is 0 Å². The lowest BCUT2D eigenvalue weighted by Crippen LogP contribution is -2.65. The van der Waals surface area contributed by atoms with Gasteiger partial charge >= 0.3 is 7.75 Å². The van der Waals surface area contributed by atoms with Gasteiger partial charge in [-0.05, 0) is 13.8 Å². The Bertz CT molecular complexity index is 266. The molecule has 0 aliphatic carbocycles. The summed E-state index contributed by atoms with van der Waals surface area (Å²) in [6.45, 7) is 10.4. The molecule has 5 nitrogen and oxygen atoms in total. The largest absolute Gasteiger partial charge is 0.531 e. The Morgan fingerprint density at radius 3 is 1.88 bits per heavy atom. The van der Waals surface area contributed by atoms with Gasteiger partial charge in [0.25, 0.3) is 0 Å². The summed E-state index contributed by atoms with van der Waals surface area (Å²) in [7, 11) is -2.98. The van der Waals surface area contributed by atoms with E-state index in [1.165, 1.54) is 0 Å². The van der Waals surface area contributed by atoms with Gasteiger partial charge in [-0.3, -0.25) is 13.9 Å². The average molecular weight is 249 g/mol. The van der Waals surface area contributed by atoms with Crippen molar-refractivity contribution in [2.45, 2.75) is 13.8 Å². The molecular formula is C10H22N2O3P+. The fourth-order valence-electron chi connectivity index (χ4n) is 2.63. The zero-order chi connectivity index (χ0) is 11.6. The maximum atomic E-state index is 12.9. The van der Waals surface area contributed by atoms with Gasteiger partial charge in [0.1, 0.15) is 0 Å². The first-order valence-corrected chi connectivity index (χ1v) is 7.63. The Hall–Kier alpha value is 0.0700. The van der Waals surface area contributed by atoms with E-state index in [1.54, 1.807) is 0 Å². The third kappa shape index (κ3) is 1.95. The third-order valence-corrected chi connectivity index (χ3v) is 6.41. The molecule has 0 radical (unpaired) electrons. The van der Waals surface area contributed by atoms with Crippen molar-refractivity contribution in [1.82, 2.24) is 4.90 Å². The summed E-state index contributed by atoms with van der Waals surface area (Å²) in [5.74, 6) is 0. The topological polar surface area (TPSA) is 38.8 Å². The molecule has 2 bridgehead atoms. The second-order valence-electron chi connectivity index (χ2n) is 4.41. The van der Waals surface area contributed by atoms with Crippen molar-refractivity contribution in [3.05, 3.63) is 0 Å². The van der Waals surface area contributed by atoms with E-state index in [1.807, 2.05) is 13.8 Å². The van der Waals surface area contributed by atoms with Crippen molar-refractivity contribution in [2.75, 3.05) is 52.5 Å². The van der Waals surface area contributed by atoms with Gasteiger partial charge in [0.2, 0.25) is 0 Å². The third-order valence-electron chi connectivity index (χ3n) is 3.60. The molecule has 3 heterocycles. The Labute approximate surface area is 97.5 Å². The van der Waals surface area contributed by atoms with Crippen molar-refractivity contribution in [3.63, 3.8) is 0 Å². The summed E-state index contributed by atoms with van der Waals surface area (Å²) in [6.07, 6.45) is 0. The minimum Gasteiger partial charge on any atom is -0.287 e. The first-order chi connectivity index (χ1) is 7.66. The molecule has 0 unspecified atom stereocenters. The molecule has 3 saturated heterocycles. The summed E-state index contributed by atoms with van der Waals surface area (Å²) in [6, 6.07) is 0. The van der Waals surface area contributed by atoms with Crippen LogP contribution >= 0.6 is 7.75 Å². The fraction of sp³-hybridized carbons (Fsp3) is 1.00. The van der Waals surface area contributed by atoms with E-state index in [0.29, 0.717) is 17.5 Å². The summed E-state index contributed by atoms with van der Waals surface area (Å²) in [5, 5.41) is 0. The van der Waals surface area contributed by atoms with Crippen molar-refractivity contribution in [3.8, 4) is 0 Å². The zero-order valence-electron chi connectivity index (χ0n) is 10.2. The lowest BCUT2D eigenvalue weighted by Gasteiger charge is -2.51. The minimum atomic E-state index is -2.98. The molecule has 3 aliphatic rings. The van der Waals surface area contributed by atoms with Crippen LogP contribution in [0.15, 0.2) is 0 Å². The number of quaternary nitrogens is 1. The van der Waals surface area contributed by atoms with Crippen LogP contribution in [0, 0.1) is 0 Å². The molecule has 16 heavy (non-hydrogen) atoms. The zero-order valence-corrected chi connectivity index (χ0v) is 11.1. The molecule has 6 heteroatoms. The molecule has 0 N–H and O–H groups in total. The van der Waals surface area contributed by atoms with Gasteiger partial charge in [-0.1, -0.05) is 0 Å². The molecular weight excluding hydrogens is 227 g/mol. The van der Waals surface area contributed by atoms with E-state index in [9.17, 15) is 4.57 Å². The molecule has 0 spiro atoms. The van der Waals surface area contributed by atoms with Crippen LogP contribution in [0.2, 0.25) is 0 Å². The lowest BCUT2D eigenvalue weighted by atomic mass is 10.2. The minimum absolute atomic E-state index is 0.459. The van der Waals surface area contributed by atoms with Gasteiger partial charge < -0.3 is 0 Å². The van der Waals surface area contributed by atoms with Crippen LogP contribution in [0.1, 0.15) is 13.8 Å². The molecule has 94 valence electrons. The lowest BCUT2D eigenvalue weighted by molar-refractivity contribution is -0.840. The molecule has 0 saturated carbocycles. The fourth-order valence-corrected chi connectivity index (χ4v) is 4.85. The van der Waals surface area contributed by atoms with Gasteiger partial charge in [0, 0.05) is 19.6 Å². The van der Waals surface area contributed by atoms with Gasteiger partial charge in [0.15, 0.2) is 0 Å². The molecule has 0 aromatic carbocycles. The van der Waals surface area contributed by atoms with Crippen molar-refractivity contribution >= 4 is 7.75 Å². The number of nitrogens with zero attached hydrogens (tertiary/aromatic N) is 2. The molecule has 3 fully saturated rings. The maximum Gasteiger partial charge on any atom is 0.531 e. The van der Waals surface area contributed by atoms with E-state index >= 15 is 0 Å². The normalized spacial score (nSPS) is 34.2. The van der Waals surface area contributed by atoms with Gasteiger partial charge in [-0.25, -0.2) is 8.82 Å². The Kier molecular flexibility index (Phi) is 3.72.